The molecule has 0 bridgehead atoms. The van der Waals surface area contributed by atoms with E-state index in [2.05, 4.69) is 19.2 Å². The molecule has 65 heavy (non-hydrogen) atoms. The van der Waals surface area contributed by atoms with Gasteiger partial charge in [-0.2, -0.15) is 9.59 Å². The molecule has 0 radical (unpaired) electrons. The van der Waals surface area contributed by atoms with Gasteiger partial charge in [-0.3, -0.25) is 38.5 Å². The molecule has 3 rings (SSSR count). The minimum atomic E-state index is -0.721. The van der Waals surface area contributed by atoms with E-state index >= 15 is 0 Å². The third kappa shape index (κ3) is 16.4. The van der Waals surface area contributed by atoms with Gasteiger partial charge in [0.25, 0.3) is 11.8 Å². The lowest BCUT2D eigenvalue weighted by Crippen LogP contribution is -2.54. The first kappa shape index (κ1) is 56.1. The van der Waals surface area contributed by atoms with E-state index in [9.17, 15) is 33.6 Å². The zero-order chi connectivity index (χ0) is 49.0. The number of nitrogens with zero attached hydrogens (tertiary/aromatic N) is 4. The number of hydrogen-bond acceptors (Lipinski definition) is 10. The van der Waals surface area contributed by atoms with Crippen LogP contribution in [0.2, 0.25) is 0 Å². The second-order valence-corrected chi connectivity index (χ2v) is 18.5. The second-order valence-electron chi connectivity index (χ2n) is 18.5. The van der Waals surface area contributed by atoms with E-state index in [1.165, 1.54) is 22.0 Å². The highest BCUT2D eigenvalue weighted by atomic mass is 16.5. The molecule has 2 aliphatic heterocycles. The maximum atomic E-state index is 14.6. The first-order valence-corrected chi connectivity index (χ1v) is 23.5. The Hall–Kier alpha value is -5.01. The lowest BCUT2D eigenvalue weighted by molar-refractivity contribution is -0.192. The summed E-state index contributed by atoms with van der Waals surface area (Å²) < 4.78 is 6.08. The summed E-state index contributed by atoms with van der Waals surface area (Å²) in [5.74, 6) is -2.70. The van der Waals surface area contributed by atoms with Gasteiger partial charge < -0.3 is 24.8 Å². The standard InChI is InChI=1S/C49H77N5O8.CO2/c1-12-34(6)47(41(62-11)31-45(59)53-29-19-22-39(53)35(7)36(8)48(60)50-27-26-37-20-15-13-16-21-37)52(10)49(61)38(32(2)3)30-40(55)46(33(4)5)51(9)42(56)23-17-14-18-28-54-43(57)24-25-44(54)58;2-1-3/h13,15-16,20-21,24-25,32-36,38-39,41,46-47H,12,14,17-19,22-23,26-31H2,1-11H3,(H,50,60);/t34-,35+,36+,38?,39-,41+,46?,47-;/m0./s1. The number of nitrogens with one attached hydrogen (secondary N) is 1. The molecular formula is C50H77N5O10. The Morgan fingerprint density at radius 1 is 0.862 bits per heavy atom. The SMILES string of the molecule is CC[C@H](C)[C@@H]([C@@H](CC(=O)N1CCC[C@H]1[C@H](C)[C@@H](C)C(=O)NCCc1ccccc1)OC)N(C)C(=O)C(CC(=O)C(C(C)C)N(C)C(=O)CCCCCN1C(=O)C=CC1=O)C(C)C.O=C=O. The predicted molar refractivity (Wildman–Crippen MR) is 246 cm³/mol. The number of carbonyl (C=O) groups is 7. The normalized spacial score (nSPS) is 18.0. The number of hydrogen-bond donors (Lipinski definition) is 1. The average molecular weight is 908 g/mol. The van der Waals surface area contributed by atoms with Crippen LogP contribution in [0.3, 0.4) is 0 Å². The van der Waals surface area contributed by atoms with Crippen molar-refractivity contribution >= 4 is 47.4 Å². The van der Waals surface area contributed by atoms with Crippen molar-refractivity contribution in [1.29, 1.82) is 0 Å². The van der Waals surface area contributed by atoms with Gasteiger partial charge in [0.15, 0.2) is 5.78 Å². The number of likely N-dealkylation sites (tertiary alicyclic amines) is 1. The van der Waals surface area contributed by atoms with E-state index < -0.39 is 24.1 Å². The number of imide groups is 1. The van der Waals surface area contributed by atoms with Gasteiger partial charge in [0.2, 0.25) is 23.6 Å². The molecule has 0 spiro atoms. The Kier molecular flexibility index (Phi) is 24.3. The highest BCUT2D eigenvalue weighted by molar-refractivity contribution is 6.12. The number of methoxy groups -OCH3 is 1. The molecule has 2 unspecified atom stereocenters. The van der Waals surface area contributed by atoms with Crippen molar-refractivity contribution in [2.75, 3.05) is 40.8 Å². The van der Waals surface area contributed by atoms with Gasteiger partial charge in [-0.15, -0.1) is 0 Å². The summed E-state index contributed by atoms with van der Waals surface area (Å²) in [6, 6.07) is 8.77. The van der Waals surface area contributed by atoms with Crippen molar-refractivity contribution < 1.29 is 47.9 Å². The molecule has 1 aromatic rings. The fourth-order valence-corrected chi connectivity index (χ4v) is 9.32. The Labute approximate surface area is 387 Å². The third-order valence-corrected chi connectivity index (χ3v) is 13.6. The van der Waals surface area contributed by atoms with Crippen molar-refractivity contribution in [2.45, 2.75) is 144 Å². The number of carbonyl (C=O) groups excluding carboxylic acids is 9. The topological polar surface area (TPSA) is 188 Å². The summed E-state index contributed by atoms with van der Waals surface area (Å²) in [6.45, 7) is 17.2. The molecule has 1 fully saturated rings. The summed E-state index contributed by atoms with van der Waals surface area (Å²) in [4.78, 5) is 116. The molecule has 1 aromatic carbocycles. The number of amides is 6. The van der Waals surface area contributed by atoms with Crippen LogP contribution in [-0.2, 0) is 54.3 Å². The number of ketones is 1. The van der Waals surface area contributed by atoms with Gasteiger partial charge in [0.05, 0.1) is 24.6 Å². The zero-order valence-corrected chi connectivity index (χ0v) is 40.9. The minimum absolute atomic E-state index is 0.0200. The fraction of sp³-hybridized carbons (Fsp3) is 0.680. The lowest BCUT2D eigenvalue weighted by Gasteiger charge is -2.41. The van der Waals surface area contributed by atoms with Crippen molar-refractivity contribution in [3.63, 3.8) is 0 Å². The molecule has 15 heteroatoms. The Balaban J connectivity index is 0.00000470. The maximum absolute atomic E-state index is 14.6. The smallest absolute Gasteiger partial charge is 0.373 e. The van der Waals surface area contributed by atoms with Crippen LogP contribution in [0.5, 0.6) is 0 Å². The third-order valence-electron chi connectivity index (χ3n) is 13.6. The van der Waals surface area contributed by atoms with Crippen LogP contribution in [0.15, 0.2) is 42.5 Å². The van der Waals surface area contributed by atoms with Gasteiger partial charge in [-0.05, 0) is 61.3 Å². The molecule has 1 N–H and O–H groups in total. The number of ether oxygens (including phenoxy) is 1. The van der Waals surface area contributed by atoms with Crippen molar-refractivity contribution in [2.24, 2.45) is 35.5 Å². The summed E-state index contributed by atoms with van der Waals surface area (Å²) >= 11 is 0. The van der Waals surface area contributed by atoms with E-state index in [0.717, 1.165) is 31.2 Å². The van der Waals surface area contributed by atoms with Gasteiger partial charge in [0, 0.05) is 83.7 Å². The summed E-state index contributed by atoms with van der Waals surface area (Å²) in [5, 5.41) is 3.09. The van der Waals surface area contributed by atoms with Gasteiger partial charge in [0.1, 0.15) is 0 Å². The molecule has 0 aliphatic carbocycles. The second kappa shape index (κ2) is 28.1. The van der Waals surface area contributed by atoms with Gasteiger partial charge in [-0.1, -0.05) is 98.6 Å². The van der Waals surface area contributed by atoms with E-state index in [1.54, 1.807) is 26.1 Å². The Morgan fingerprint density at radius 3 is 2.03 bits per heavy atom. The summed E-state index contributed by atoms with van der Waals surface area (Å²) in [5.41, 5.74) is 1.16. The Bertz CT molecular complexity index is 1780. The number of rotatable bonds is 26. The van der Waals surface area contributed by atoms with E-state index in [1.807, 2.05) is 76.8 Å². The van der Waals surface area contributed by atoms with Crippen molar-refractivity contribution in [1.82, 2.24) is 24.9 Å². The largest absolute Gasteiger partial charge is 0.379 e. The highest BCUT2D eigenvalue weighted by Crippen LogP contribution is 2.32. The van der Waals surface area contributed by atoms with Crippen LogP contribution in [0, 0.1) is 35.5 Å². The molecule has 15 nitrogen and oxygen atoms in total. The van der Waals surface area contributed by atoms with Crippen LogP contribution in [0.25, 0.3) is 0 Å². The van der Waals surface area contributed by atoms with E-state index in [0.29, 0.717) is 38.9 Å². The van der Waals surface area contributed by atoms with Crippen LogP contribution in [-0.4, -0.2) is 132 Å². The summed E-state index contributed by atoms with van der Waals surface area (Å²) in [7, 11) is 4.97. The molecule has 2 aliphatic rings. The maximum Gasteiger partial charge on any atom is 0.373 e. The van der Waals surface area contributed by atoms with E-state index in [4.69, 9.17) is 14.3 Å². The molecular weight excluding hydrogens is 831 g/mol. The minimum Gasteiger partial charge on any atom is -0.379 e. The first-order valence-electron chi connectivity index (χ1n) is 23.5. The number of benzene rings is 1. The van der Waals surface area contributed by atoms with Crippen LogP contribution in [0.1, 0.15) is 119 Å². The molecule has 6 amide bonds. The number of unbranched alkanes of at least 4 members (excludes halogenated alkanes) is 2. The monoisotopic (exact) mass is 908 g/mol. The first-order chi connectivity index (χ1) is 30.8. The molecule has 2 heterocycles. The molecule has 0 aromatic heterocycles. The van der Waals surface area contributed by atoms with Gasteiger partial charge >= 0.3 is 6.15 Å². The molecule has 362 valence electrons. The predicted octanol–water partition coefficient (Wildman–Crippen LogP) is 5.50. The Morgan fingerprint density at radius 2 is 1.48 bits per heavy atom. The quantitative estimate of drug-likeness (QED) is 0.0919. The van der Waals surface area contributed by atoms with Crippen LogP contribution >= 0.6 is 0 Å². The molecule has 1 saturated heterocycles. The number of likely N-dealkylation sites (N-methyl/N-ethyl adjacent to an activating group) is 2. The summed E-state index contributed by atoms with van der Waals surface area (Å²) in [6.07, 6.45) is 7.32. The zero-order valence-electron chi connectivity index (χ0n) is 40.9. The average Bonchev–Trinajstić information content (AvgIpc) is 3.90. The van der Waals surface area contributed by atoms with Crippen molar-refractivity contribution in [3.8, 4) is 0 Å². The van der Waals surface area contributed by atoms with Crippen molar-refractivity contribution in [3.05, 3.63) is 48.0 Å². The molecule has 0 saturated carbocycles. The van der Waals surface area contributed by atoms with Crippen LogP contribution < -0.4 is 5.32 Å². The highest BCUT2D eigenvalue weighted by Gasteiger charge is 2.42. The van der Waals surface area contributed by atoms with Gasteiger partial charge in [-0.25, -0.2) is 0 Å². The number of Topliss-reactive ketones (excluding diaryl/α,β-unsaturated/α-hetero) is 1. The fourth-order valence-electron chi connectivity index (χ4n) is 9.32. The lowest BCUT2D eigenvalue weighted by atomic mass is 9.83. The van der Waals surface area contributed by atoms with Crippen LogP contribution in [0.4, 0.5) is 0 Å². The molecule has 8 atom stereocenters. The van der Waals surface area contributed by atoms with E-state index in [-0.39, 0.29) is 102 Å².